The van der Waals surface area contributed by atoms with Gasteiger partial charge in [0.1, 0.15) is 0 Å². The smallest absolute Gasteiger partial charge is 0.231 e. The molecule has 21 heavy (non-hydrogen) atoms. The minimum atomic E-state index is -0.0639. The monoisotopic (exact) mass is 278 g/mol. The molecule has 3 heteroatoms. The van der Waals surface area contributed by atoms with Crippen molar-refractivity contribution in [3.05, 3.63) is 77.9 Å². The first kappa shape index (κ1) is 13.2. The zero-order chi connectivity index (χ0) is 14.5. The van der Waals surface area contributed by atoms with Gasteiger partial charge in [0.25, 0.3) is 0 Å². The Labute approximate surface area is 123 Å². The number of benzene rings is 2. The van der Waals surface area contributed by atoms with Crippen LogP contribution in [0.25, 0.3) is 6.08 Å². The summed E-state index contributed by atoms with van der Waals surface area (Å²) in [4.78, 5) is 12.0. The molecule has 104 valence electrons. The summed E-state index contributed by atoms with van der Waals surface area (Å²) < 4.78 is 10.5. The standard InChI is InChI=1S/C18H14O3/c19-16(9-5-4-8-14-6-2-1-3-7-14)15-10-11-17-18(12-15)21-13-20-17/h1-12H,13H2/b8-4-,9-5+. The van der Waals surface area contributed by atoms with Crippen LogP contribution in [0.4, 0.5) is 0 Å². The lowest BCUT2D eigenvalue weighted by molar-refractivity contribution is 0.104. The van der Waals surface area contributed by atoms with Gasteiger partial charge in [0.05, 0.1) is 0 Å². The molecule has 0 spiro atoms. The highest BCUT2D eigenvalue weighted by Crippen LogP contribution is 2.32. The zero-order valence-electron chi connectivity index (χ0n) is 11.4. The quantitative estimate of drug-likeness (QED) is 0.484. The molecular formula is C18H14O3. The Kier molecular flexibility index (Phi) is 3.83. The van der Waals surface area contributed by atoms with Crippen LogP contribution < -0.4 is 9.47 Å². The van der Waals surface area contributed by atoms with Crippen LogP contribution in [0.3, 0.4) is 0 Å². The number of carbonyl (C=O) groups excluding carboxylic acids is 1. The van der Waals surface area contributed by atoms with Crippen LogP contribution >= 0.6 is 0 Å². The maximum Gasteiger partial charge on any atom is 0.231 e. The normalized spacial score (nSPS) is 13.1. The molecule has 0 atom stereocenters. The van der Waals surface area contributed by atoms with Gasteiger partial charge in [0.15, 0.2) is 17.3 Å². The molecule has 0 aromatic heterocycles. The van der Waals surface area contributed by atoms with Gasteiger partial charge in [-0.1, -0.05) is 48.6 Å². The lowest BCUT2D eigenvalue weighted by Gasteiger charge is -1.98. The molecule has 1 heterocycles. The lowest BCUT2D eigenvalue weighted by atomic mass is 10.1. The summed E-state index contributed by atoms with van der Waals surface area (Å²) in [6.07, 6.45) is 7.07. The van der Waals surface area contributed by atoms with Gasteiger partial charge in [-0.2, -0.15) is 0 Å². The Hall–Kier alpha value is -2.81. The molecule has 0 aliphatic carbocycles. The SMILES string of the molecule is O=C(/C=C/C=C\c1ccccc1)c1ccc2c(c1)OCO2. The van der Waals surface area contributed by atoms with Crippen molar-refractivity contribution in [3.8, 4) is 11.5 Å². The van der Waals surface area contributed by atoms with Gasteiger partial charge < -0.3 is 9.47 Å². The third kappa shape index (κ3) is 3.20. The number of ketones is 1. The maximum atomic E-state index is 12.0. The minimum Gasteiger partial charge on any atom is -0.454 e. The molecule has 3 rings (SSSR count). The predicted molar refractivity (Wildman–Crippen MR) is 81.5 cm³/mol. The van der Waals surface area contributed by atoms with Crippen LogP contribution in [0, 0.1) is 0 Å². The van der Waals surface area contributed by atoms with E-state index in [0.717, 1.165) is 5.56 Å². The molecule has 0 amide bonds. The Morgan fingerprint density at radius 2 is 1.76 bits per heavy atom. The Bertz CT molecular complexity index is 700. The molecule has 1 aliphatic rings. The van der Waals surface area contributed by atoms with Crippen LogP contribution in [-0.4, -0.2) is 12.6 Å². The molecule has 3 nitrogen and oxygen atoms in total. The van der Waals surface area contributed by atoms with E-state index in [1.54, 1.807) is 24.3 Å². The van der Waals surface area contributed by atoms with Crippen molar-refractivity contribution in [2.24, 2.45) is 0 Å². The molecule has 1 aliphatic heterocycles. The predicted octanol–water partition coefficient (Wildman–Crippen LogP) is 3.87. The molecule has 2 aromatic carbocycles. The van der Waals surface area contributed by atoms with Crippen LogP contribution in [0.15, 0.2) is 66.8 Å². The van der Waals surface area contributed by atoms with Gasteiger partial charge in [0, 0.05) is 5.56 Å². The highest BCUT2D eigenvalue weighted by molar-refractivity contribution is 6.05. The molecule has 0 saturated heterocycles. The minimum absolute atomic E-state index is 0.0639. The highest BCUT2D eigenvalue weighted by Gasteiger charge is 2.14. The fourth-order valence-electron chi connectivity index (χ4n) is 2.02. The molecule has 0 N–H and O–H groups in total. The fraction of sp³-hybridized carbons (Fsp3) is 0.0556. The van der Waals surface area contributed by atoms with Crippen molar-refractivity contribution in [1.82, 2.24) is 0 Å². The Morgan fingerprint density at radius 1 is 0.952 bits per heavy atom. The third-order valence-electron chi connectivity index (χ3n) is 3.10. The van der Waals surface area contributed by atoms with Gasteiger partial charge in [-0.25, -0.2) is 0 Å². The number of hydrogen-bond donors (Lipinski definition) is 0. The van der Waals surface area contributed by atoms with Crippen LogP contribution in [0.1, 0.15) is 15.9 Å². The van der Waals surface area contributed by atoms with Crippen molar-refractivity contribution >= 4 is 11.9 Å². The van der Waals surface area contributed by atoms with E-state index in [9.17, 15) is 4.79 Å². The summed E-state index contributed by atoms with van der Waals surface area (Å²) in [7, 11) is 0. The van der Waals surface area contributed by atoms with E-state index in [-0.39, 0.29) is 12.6 Å². The largest absolute Gasteiger partial charge is 0.454 e. The summed E-state index contributed by atoms with van der Waals surface area (Å²) in [6, 6.07) is 15.1. The summed E-state index contributed by atoms with van der Waals surface area (Å²) in [5.74, 6) is 1.24. The number of ether oxygens (including phenoxy) is 2. The first-order valence-corrected chi connectivity index (χ1v) is 6.67. The van der Waals surface area contributed by atoms with Crippen molar-refractivity contribution in [2.75, 3.05) is 6.79 Å². The average molecular weight is 278 g/mol. The molecule has 0 radical (unpaired) electrons. The van der Waals surface area contributed by atoms with E-state index in [1.165, 1.54) is 6.08 Å². The number of allylic oxidation sites excluding steroid dienone is 3. The first-order valence-electron chi connectivity index (χ1n) is 6.67. The molecule has 2 aromatic rings. The summed E-state index contributed by atoms with van der Waals surface area (Å²) in [6.45, 7) is 0.211. The van der Waals surface area contributed by atoms with Gasteiger partial charge in [-0.05, 0) is 29.8 Å². The molecule has 0 fully saturated rings. The maximum absolute atomic E-state index is 12.0. The van der Waals surface area contributed by atoms with Crippen molar-refractivity contribution in [3.63, 3.8) is 0 Å². The molecule has 0 saturated carbocycles. The number of fused-ring (bicyclic) bond motifs is 1. The van der Waals surface area contributed by atoms with Gasteiger partial charge in [-0.3, -0.25) is 4.79 Å². The molecule has 0 bridgehead atoms. The van der Waals surface area contributed by atoms with Gasteiger partial charge in [-0.15, -0.1) is 0 Å². The zero-order valence-corrected chi connectivity index (χ0v) is 11.4. The van der Waals surface area contributed by atoms with Crippen LogP contribution in [0.2, 0.25) is 0 Å². The number of rotatable bonds is 4. The van der Waals surface area contributed by atoms with Gasteiger partial charge >= 0.3 is 0 Å². The topological polar surface area (TPSA) is 35.5 Å². The summed E-state index contributed by atoms with van der Waals surface area (Å²) in [5.41, 5.74) is 1.68. The van der Waals surface area contributed by atoms with E-state index >= 15 is 0 Å². The van der Waals surface area contributed by atoms with E-state index in [2.05, 4.69) is 0 Å². The van der Waals surface area contributed by atoms with Crippen LogP contribution in [0.5, 0.6) is 11.5 Å². The van der Waals surface area contributed by atoms with E-state index in [0.29, 0.717) is 17.1 Å². The van der Waals surface area contributed by atoms with Crippen molar-refractivity contribution in [2.45, 2.75) is 0 Å². The lowest BCUT2D eigenvalue weighted by Crippen LogP contribution is -1.94. The second-order valence-corrected chi connectivity index (χ2v) is 4.56. The summed E-state index contributed by atoms with van der Waals surface area (Å²) in [5, 5.41) is 0. The van der Waals surface area contributed by atoms with Crippen molar-refractivity contribution in [1.29, 1.82) is 0 Å². The number of hydrogen-bond acceptors (Lipinski definition) is 3. The second-order valence-electron chi connectivity index (χ2n) is 4.56. The fourth-order valence-corrected chi connectivity index (χ4v) is 2.02. The highest BCUT2D eigenvalue weighted by atomic mass is 16.7. The van der Waals surface area contributed by atoms with Crippen LogP contribution in [-0.2, 0) is 0 Å². The number of carbonyl (C=O) groups is 1. The third-order valence-corrected chi connectivity index (χ3v) is 3.10. The second kappa shape index (κ2) is 6.09. The van der Waals surface area contributed by atoms with Gasteiger partial charge in [0.2, 0.25) is 6.79 Å². The van der Waals surface area contributed by atoms with E-state index < -0.39 is 0 Å². The molecular weight excluding hydrogens is 264 g/mol. The van der Waals surface area contributed by atoms with E-state index in [4.69, 9.17) is 9.47 Å². The summed E-state index contributed by atoms with van der Waals surface area (Å²) >= 11 is 0. The van der Waals surface area contributed by atoms with Crippen molar-refractivity contribution < 1.29 is 14.3 Å². The average Bonchev–Trinajstić information content (AvgIpc) is 3.00. The molecule has 0 unspecified atom stereocenters. The first-order chi connectivity index (χ1) is 10.3. The van der Waals surface area contributed by atoms with E-state index in [1.807, 2.05) is 42.5 Å². The Morgan fingerprint density at radius 3 is 2.62 bits per heavy atom. The Balaban J connectivity index is 1.66.